The summed E-state index contributed by atoms with van der Waals surface area (Å²) in [6.07, 6.45) is 1.46. The van der Waals surface area contributed by atoms with Crippen molar-refractivity contribution in [2.75, 3.05) is 19.6 Å². The van der Waals surface area contributed by atoms with Gasteiger partial charge in [-0.25, -0.2) is 0 Å². The van der Waals surface area contributed by atoms with Gasteiger partial charge in [0.15, 0.2) is 0 Å². The van der Waals surface area contributed by atoms with Crippen LogP contribution in [0.2, 0.25) is 0 Å². The number of rotatable bonds is 8. The first-order valence-corrected chi connectivity index (χ1v) is 22.7. The minimum atomic E-state index is -1.48. The number of amides is 8. The van der Waals surface area contributed by atoms with Crippen molar-refractivity contribution in [1.29, 1.82) is 0 Å². The normalized spacial score (nSPS) is 29.6. The molecule has 4 aliphatic rings. The first-order chi connectivity index (χ1) is 29.8. The number of phenols is 1. The fraction of sp³-hybridized carbons (Fsp3) is 0.689. The molecule has 63 heavy (non-hydrogen) atoms. The number of aromatic hydroxyl groups is 1. The Morgan fingerprint density at radius 1 is 0.571 bits per heavy atom. The third kappa shape index (κ3) is 11.7. The lowest BCUT2D eigenvalue weighted by Gasteiger charge is -2.35. The summed E-state index contributed by atoms with van der Waals surface area (Å²) in [6.45, 7) is 12.8. The largest absolute Gasteiger partial charge is 0.508 e. The molecule has 0 bridgehead atoms. The van der Waals surface area contributed by atoms with E-state index in [-0.39, 0.29) is 69.3 Å². The van der Waals surface area contributed by atoms with Crippen LogP contribution in [0.5, 0.6) is 5.75 Å². The highest BCUT2D eigenvalue weighted by atomic mass is 16.3. The Labute approximate surface area is 370 Å². The Hall–Kier alpha value is -5.26. The molecule has 18 nitrogen and oxygen atoms in total. The molecule has 0 saturated carbocycles. The summed E-state index contributed by atoms with van der Waals surface area (Å²) in [4.78, 5) is 118. The number of nitrogens with one attached hydrogen (secondary N) is 5. The smallest absolute Gasteiger partial charge is 0.248 e. The van der Waals surface area contributed by atoms with E-state index in [1.165, 1.54) is 33.8 Å². The van der Waals surface area contributed by atoms with Crippen molar-refractivity contribution in [1.82, 2.24) is 41.3 Å². The predicted molar refractivity (Wildman–Crippen MR) is 231 cm³/mol. The maximum atomic E-state index is 14.5. The maximum absolute atomic E-state index is 14.5. The molecule has 1 aromatic carbocycles. The van der Waals surface area contributed by atoms with Crippen LogP contribution in [-0.4, -0.2) is 146 Å². The van der Waals surface area contributed by atoms with Crippen LogP contribution in [0.15, 0.2) is 24.3 Å². The number of carbonyl (C=O) groups is 8. The van der Waals surface area contributed by atoms with Crippen LogP contribution in [-0.2, 0) is 44.8 Å². The highest BCUT2D eigenvalue weighted by molar-refractivity contribution is 5.99. The molecular formula is C45H68N8O10. The topological polar surface area (TPSA) is 247 Å². The Balaban J connectivity index is 1.55. The lowest BCUT2D eigenvalue weighted by atomic mass is 9.96. The molecule has 0 aliphatic carbocycles. The highest BCUT2D eigenvalue weighted by Gasteiger charge is 2.45. The van der Waals surface area contributed by atoms with Gasteiger partial charge < -0.3 is 51.5 Å². The van der Waals surface area contributed by atoms with Crippen LogP contribution in [0.3, 0.4) is 0 Å². The van der Waals surface area contributed by atoms with Crippen LogP contribution >= 0.6 is 0 Å². The number of aliphatic hydroxyl groups excluding tert-OH is 1. The van der Waals surface area contributed by atoms with Gasteiger partial charge in [-0.1, -0.05) is 60.1 Å². The van der Waals surface area contributed by atoms with E-state index in [1.54, 1.807) is 32.9 Å². The van der Waals surface area contributed by atoms with Crippen LogP contribution in [0.25, 0.3) is 0 Å². The van der Waals surface area contributed by atoms with Crippen LogP contribution in [0.1, 0.15) is 105 Å². The van der Waals surface area contributed by atoms with Gasteiger partial charge in [-0.05, 0) is 87.3 Å². The third-order valence-electron chi connectivity index (χ3n) is 12.9. The number of carbonyl (C=O) groups excluding carboxylic acids is 8. The second-order valence-corrected chi connectivity index (χ2v) is 18.5. The lowest BCUT2D eigenvalue weighted by molar-refractivity contribution is -0.147. The van der Waals surface area contributed by atoms with Crippen molar-refractivity contribution in [3.63, 3.8) is 0 Å². The Morgan fingerprint density at radius 3 is 1.44 bits per heavy atom. The molecule has 4 aliphatic heterocycles. The summed E-state index contributed by atoms with van der Waals surface area (Å²) < 4.78 is 0. The Morgan fingerprint density at radius 2 is 0.984 bits per heavy atom. The minimum absolute atomic E-state index is 0.00559. The molecule has 18 heteroatoms. The monoisotopic (exact) mass is 881 g/mol. The first kappa shape index (κ1) is 48.8. The zero-order valence-corrected chi connectivity index (χ0v) is 37.7. The van der Waals surface area contributed by atoms with E-state index in [0.29, 0.717) is 31.2 Å². The Bertz CT molecular complexity index is 1860. The molecule has 8 amide bonds. The lowest BCUT2D eigenvalue weighted by Crippen LogP contribution is -2.63. The van der Waals surface area contributed by atoms with Crippen molar-refractivity contribution in [2.24, 2.45) is 17.8 Å². The minimum Gasteiger partial charge on any atom is -0.508 e. The fourth-order valence-corrected chi connectivity index (χ4v) is 9.10. The van der Waals surface area contributed by atoms with Crippen LogP contribution in [0, 0.1) is 17.8 Å². The van der Waals surface area contributed by atoms with Crippen molar-refractivity contribution >= 4 is 47.3 Å². The zero-order valence-electron chi connectivity index (χ0n) is 37.7. The van der Waals surface area contributed by atoms with E-state index < -0.39 is 108 Å². The van der Waals surface area contributed by atoms with Gasteiger partial charge in [0, 0.05) is 26.1 Å². The molecular weight excluding hydrogens is 813 g/mol. The molecule has 348 valence electrons. The molecule has 0 aromatic heterocycles. The summed E-state index contributed by atoms with van der Waals surface area (Å²) in [5.41, 5.74) is 0.600. The number of benzene rings is 1. The van der Waals surface area contributed by atoms with Crippen molar-refractivity contribution < 1.29 is 48.6 Å². The molecule has 4 heterocycles. The highest BCUT2D eigenvalue weighted by Crippen LogP contribution is 2.26. The number of hydrogen-bond acceptors (Lipinski definition) is 10. The fourth-order valence-electron chi connectivity index (χ4n) is 9.10. The SMILES string of the molecule is CC[C@H](C)[C@@H]1NC(=O)[C@@H]2CCCN2C(=O)[C@H]([C@@H](C)O)NC(=O)[C@H](CC(C)C)NC(=O)[C@@H]2CCCN2C(=O)[C@H](C(C)C)NC(=O)[C@H](Cc2ccc(O)cc2)NC(=O)[C@@H]2CCCN2C1=O. The van der Waals surface area contributed by atoms with Gasteiger partial charge in [0.05, 0.1) is 6.10 Å². The quantitative estimate of drug-likeness (QED) is 0.190. The third-order valence-corrected chi connectivity index (χ3v) is 12.9. The summed E-state index contributed by atoms with van der Waals surface area (Å²) in [7, 11) is 0. The average Bonchev–Trinajstić information content (AvgIpc) is 4.04. The van der Waals surface area contributed by atoms with E-state index in [1.807, 2.05) is 20.8 Å². The maximum Gasteiger partial charge on any atom is 0.248 e. The van der Waals surface area contributed by atoms with E-state index in [2.05, 4.69) is 26.6 Å². The summed E-state index contributed by atoms with van der Waals surface area (Å²) in [6, 6.07) is -2.93. The number of nitrogens with zero attached hydrogens (tertiary/aromatic N) is 3. The average molecular weight is 881 g/mol. The number of hydrogen-bond donors (Lipinski definition) is 7. The number of aliphatic hydroxyl groups is 1. The van der Waals surface area contributed by atoms with Gasteiger partial charge in [0.2, 0.25) is 47.3 Å². The molecule has 10 atom stereocenters. The number of phenolic OH excluding ortho intramolecular Hbond substituents is 1. The second kappa shape index (κ2) is 21.4. The van der Waals surface area contributed by atoms with Crippen molar-refractivity contribution in [3.05, 3.63) is 29.8 Å². The van der Waals surface area contributed by atoms with Crippen molar-refractivity contribution in [3.8, 4) is 5.75 Å². The molecule has 0 unspecified atom stereocenters. The molecule has 4 saturated heterocycles. The summed E-state index contributed by atoms with van der Waals surface area (Å²) >= 11 is 0. The summed E-state index contributed by atoms with van der Waals surface area (Å²) in [5, 5.41) is 34.9. The van der Waals surface area contributed by atoms with Crippen LogP contribution in [0.4, 0.5) is 0 Å². The molecule has 5 rings (SSSR count). The molecule has 0 spiro atoms. The first-order valence-electron chi connectivity index (χ1n) is 22.7. The van der Waals surface area contributed by atoms with E-state index in [4.69, 9.17) is 0 Å². The van der Waals surface area contributed by atoms with Gasteiger partial charge in [-0.2, -0.15) is 0 Å². The zero-order chi connectivity index (χ0) is 46.3. The predicted octanol–water partition coefficient (Wildman–Crippen LogP) is 0.474. The van der Waals surface area contributed by atoms with Gasteiger partial charge in [0.25, 0.3) is 0 Å². The van der Waals surface area contributed by atoms with Gasteiger partial charge in [-0.3, -0.25) is 38.4 Å². The molecule has 0 radical (unpaired) electrons. The molecule has 7 N–H and O–H groups in total. The summed E-state index contributed by atoms with van der Waals surface area (Å²) in [5.74, 6) is -5.82. The van der Waals surface area contributed by atoms with E-state index in [0.717, 1.165) is 0 Å². The van der Waals surface area contributed by atoms with E-state index in [9.17, 15) is 48.6 Å². The van der Waals surface area contributed by atoms with Gasteiger partial charge in [0.1, 0.15) is 54.1 Å². The van der Waals surface area contributed by atoms with Gasteiger partial charge in [-0.15, -0.1) is 0 Å². The standard InChI is InChI=1S/C45H68N8O10/c1-8-26(6)36-44(62)52-20-10-13-33(52)41(59)47-31(23-28-15-17-29(55)18-16-28)39(57)48-35(25(4)5)43(61)51-19-9-12-32(51)40(58)46-30(22-24(2)3)38(56)50-37(27(7)54)45(63)53-21-11-14-34(53)42(60)49-36/h15-18,24-27,30-37,54-55H,8-14,19-23H2,1-7H3,(H,46,58)(H,47,59)(H,48,57)(H,49,60)(H,50,56)/t26-,27+,30-,31-,32-,33-,34-,35-,36-,37-/m0/s1. The number of fused-ring (bicyclic) bond motifs is 3. The molecule has 1 aromatic rings. The molecule has 4 fully saturated rings. The van der Waals surface area contributed by atoms with Crippen LogP contribution < -0.4 is 26.6 Å². The van der Waals surface area contributed by atoms with Gasteiger partial charge >= 0.3 is 0 Å². The van der Waals surface area contributed by atoms with Crippen molar-refractivity contribution in [2.45, 2.75) is 161 Å². The van der Waals surface area contributed by atoms with E-state index >= 15 is 0 Å². The second-order valence-electron chi connectivity index (χ2n) is 18.5. The Kier molecular flexibility index (Phi) is 16.6.